The molecule has 0 aliphatic carbocycles. The zero-order valence-corrected chi connectivity index (χ0v) is 12.3. The number of nitrogens with one attached hydrogen (secondary N) is 1. The summed E-state index contributed by atoms with van der Waals surface area (Å²) < 4.78 is 7.76. The van der Waals surface area contributed by atoms with Crippen LogP contribution in [0, 0.1) is 0 Å². The second kappa shape index (κ2) is 6.03. The third kappa shape index (κ3) is 2.89. The Kier molecular flexibility index (Phi) is 4.12. The lowest BCUT2D eigenvalue weighted by Gasteiger charge is -2.13. The molecular formula is C12H16N5O3P. The Morgan fingerprint density at radius 1 is 1.38 bits per heavy atom. The molecule has 2 unspecified atom stereocenters. The zero-order valence-electron chi connectivity index (χ0n) is 11.4. The van der Waals surface area contributed by atoms with Crippen molar-refractivity contribution in [3.05, 3.63) is 24.5 Å². The highest BCUT2D eigenvalue weighted by molar-refractivity contribution is 7.48. The van der Waals surface area contributed by atoms with Gasteiger partial charge in [0, 0.05) is 7.05 Å². The minimum absolute atomic E-state index is 0.123. The van der Waals surface area contributed by atoms with Crippen LogP contribution in [0.15, 0.2) is 24.5 Å². The fourth-order valence-electron chi connectivity index (χ4n) is 2.41. The molecule has 0 amide bonds. The Morgan fingerprint density at radius 3 is 3.00 bits per heavy atom. The van der Waals surface area contributed by atoms with Crippen molar-refractivity contribution >= 4 is 25.4 Å². The predicted octanol–water partition coefficient (Wildman–Crippen LogP) is 1.36. The lowest BCUT2D eigenvalue weighted by Crippen LogP contribution is -2.09. The minimum atomic E-state index is -2.02. The monoisotopic (exact) mass is 309 g/mol. The van der Waals surface area contributed by atoms with Gasteiger partial charge in [-0.25, -0.2) is 15.0 Å². The second-order valence-corrected chi connectivity index (χ2v) is 5.60. The van der Waals surface area contributed by atoms with Crippen LogP contribution < -0.4 is 5.32 Å². The molecule has 0 saturated carbocycles. The van der Waals surface area contributed by atoms with Gasteiger partial charge in [-0.15, -0.1) is 0 Å². The first-order chi connectivity index (χ1) is 10.2. The van der Waals surface area contributed by atoms with Crippen molar-refractivity contribution in [1.82, 2.24) is 19.5 Å². The van der Waals surface area contributed by atoms with Gasteiger partial charge in [-0.3, -0.25) is 4.57 Å². The summed E-state index contributed by atoms with van der Waals surface area (Å²) in [4.78, 5) is 30.5. The molecule has 3 N–H and O–H groups in total. The molecule has 1 fully saturated rings. The lowest BCUT2D eigenvalue weighted by molar-refractivity contribution is 0.0259. The van der Waals surface area contributed by atoms with Crippen molar-refractivity contribution in [2.75, 3.05) is 12.4 Å². The zero-order chi connectivity index (χ0) is 14.8. The number of fused-ring (bicyclic) bond motifs is 1. The van der Waals surface area contributed by atoms with Crippen LogP contribution in [0.1, 0.15) is 19.1 Å². The maximum absolute atomic E-state index is 8.90. The van der Waals surface area contributed by atoms with Gasteiger partial charge in [0.15, 0.2) is 19.8 Å². The SMILES string of the molecule is CNc1ncnc2c1ncn2C1CCC(/C=C/P(O)O)O1. The molecule has 2 aromatic rings. The molecule has 3 rings (SSSR count). The first-order valence-corrected chi connectivity index (χ1v) is 7.86. The summed E-state index contributed by atoms with van der Waals surface area (Å²) in [6.45, 7) is 0. The van der Waals surface area contributed by atoms with Gasteiger partial charge in [0.25, 0.3) is 0 Å². The van der Waals surface area contributed by atoms with E-state index < -0.39 is 8.38 Å². The minimum Gasteiger partial charge on any atom is -0.371 e. The van der Waals surface area contributed by atoms with Crippen LogP contribution in [0.3, 0.4) is 0 Å². The van der Waals surface area contributed by atoms with E-state index in [1.54, 1.807) is 19.5 Å². The summed E-state index contributed by atoms with van der Waals surface area (Å²) in [5, 5.41) is 2.98. The lowest BCUT2D eigenvalue weighted by atomic mass is 10.2. The highest BCUT2D eigenvalue weighted by Gasteiger charge is 2.27. The van der Waals surface area contributed by atoms with Crippen LogP contribution in [-0.2, 0) is 4.74 Å². The maximum Gasteiger partial charge on any atom is 0.191 e. The Labute approximate surface area is 122 Å². The van der Waals surface area contributed by atoms with Crippen LogP contribution in [-0.4, -0.2) is 42.5 Å². The number of hydrogen-bond donors (Lipinski definition) is 3. The molecule has 2 aromatic heterocycles. The highest BCUT2D eigenvalue weighted by Crippen LogP contribution is 2.33. The van der Waals surface area contributed by atoms with E-state index in [0.717, 1.165) is 18.5 Å². The fraction of sp³-hybridized carbons (Fsp3) is 0.417. The van der Waals surface area contributed by atoms with E-state index in [-0.39, 0.29) is 12.3 Å². The standard InChI is InChI=1S/C12H16N5O3P/c1-13-11-10-12(15-6-14-11)17(7-16-10)9-3-2-8(20-9)4-5-21(18)19/h4-9,18-19H,2-3H2,1H3,(H,13,14,15)/b5-4+. The third-order valence-electron chi connectivity index (χ3n) is 3.37. The summed E-state index contributed by atoms with van der Waals surface area (Å²) >= 11 is 0. The summed E-state index contributed by atoms with van der Waals surface area (Å²) in [6, 6.07) is 0. The number of imidazole rings is 1. The van der Waals surface area contributed by atoms with E-state index in [4.69, 9.17) is 14.5 Å². The van der Waals surface area contributed by atoms with E-state index in [0.29, 0.717) is 11.3 Å². The number of rotatable bonds is 4. The molecule has 0 bridgehead atoms. The Hall–Kier alpha value is -1.60. The van der Waals surface area contributed by atoms with Crippen LogP contribution in [0.4, 0.5) is 5.82 Å². The van der Waals surface area contributed by atoms with Gasteiger partial charge < -0.3 is 19.8 Å². The second-order valence-electron chi connectivity index (χ2n) is 4.66. The molecule has 21 heavy (non-hydrogen) atoms. The van der Waals surface area contributed by atoms with E-state index in [1.165, 1.54) is 12.1 Å². The average molecular weight is 309 g/mol. The third-order valence-corrected chi connectivity index (χ3v) is 3.81. The number of anilines is 1. The summed E-state index contributed by atoms with van der Waals surface area (Å²) in [5.74, 6) is 2.05. The topological polar surface area (TPSA) is 105 Å². The van der Waals surface area contributed by atoms with Crippen LogP contribution in [0.25, 0.3) is 11.2 Å². The molecule has 3 heterocycles. The van der Waals surface area contributed by atoms with Gasteiger partial charge in [-0.05, 0) is 18.7 Å². The van der Waals surface area contributed by atoms with Gasteiger partial charge >= 0.3 is 0 Å². The number of nitrogens with zero attached hydrogens (tertiary/aromatic N) is 4. The molecule has 112 valence electrons. The first-order valence-electron chi connectivity index (χ1n) is 6.55. The molecule has 1 aliphatic heterocycles. The molecule has 8 nitrogen and oxygen atoms in total. The Bertz CT molecular complexity index is 659. The van der Waals surface area contributed by atoms with Crippen LogP contribution in [0.2, 0.25) is 0 Å². The highest BCUT2D eigenvalue weighted by atomic mass is 31.2. The molecule has 2 atom stereocenters. The first kappa shape index (κ1) is 14.3. The number of hydrogen-bond acceptors (Lipinski definition) is 7. The number of ether oxygens (including phenoxy) is 1. The van der Waals surface area contributed by atoms with E-state index in [2.05, 4.69) is 20.3 Å². The van der Waals surface area contributed by atoms with Gasteiger partial charge in [0.05, 0.1) is 12.4 Å². The summed E-state index contributed by atoms with van der Waals surface area (Å²) in [7, 11) is -0.232. The molecule has 9 heteroatoms. The van der Waals surface area contributed by atoms with E-state index >= 15 is 0 Å². The van der Waals surface area contributed by atoms with E-state index in [9.17, 15) is 0 Å². The van der Waals surface area contributed by atoms with Crippen molar-refractivity contribution in [1.29, 1.82) is 0 Å². The largest absolute Gasteiger partial charge is 0.371 e. The number of aromatic nitrogens is 4. The van der Waals surface area contributed by atoms with Crippen molar-refractivity contribution < 1.29 is 14.5 Å². The van der Waals surface area contributed by atoms with Gasteiger partial charge in [-0.1, -0.05) is 6.08 Å². The maximum atomic E-state index is 8.90. The van der Waals surface area contributed by atoms with Crippen molar-refractivity contribution in [3.63, 3.8) is 0 Å². The normalized spacial score (nSPS) is 22.7. The van der Waals surface area contributed by atoms with Gasteiger partial charge in [-0.2, -0.15) is 0 Å². The molecule has 0 radical (unpaired) electrons. The molecular weight excluding hydrogens is 293 g/mol. The molecule has 1 saturated heterocycles. The Balaban J connectivity index is 1.82. The summed E-state index contributed by atoms with van der Waals surface area (Å²) in [5.41, 5.74) is 1.42. The van der Waals surface area contributed by atoms with Gasteiger partial charge in [0.1, 0.15) is 18.1 Å². The van der Waals surface area contributed by atoms with Gasteiger partial charge in [0.2, 0.25) is 0 Å². The van der Waals surface area contributed by atoms with Crippen molar-refractivity contribution in [3.8, 4) is 0 Å². The molecule has 0 spiro atoms. The molecule has 0 aromatic carbocycles. The van der Waals surface area contributed by atoms with Crippen LogP contribution in [0.5, 0.6) is 0 Å². The van der Waals surface area contributed by atoms with Crippen molar-refractivity contribution in [2.45, 2.75) is 25.2 Å². The van der Waals surface area contributed by atoms with E-state index in [1.807, 2.05) is 4.57 Å². The Morgan fingerprint density at radius 2 is 2.24 bits per heavy atom. The quantitative estimate of drug-likeness (QED) is 0.732. The van der Waals surface area contributed by atoms with Crippen LogP contribution >= 0.6 is 8.38 Å². The fourth-order valence-corrected chi connectivity index (χ4v) is 2.76. The predicted molar refractivity (Wildman–Crippen MR) is 78.5 cm³/mol. The van der Waals surface area contributed by atoms with Crippen molar-refractivity contribution in [2.24, 2.45) is 0 Å². The molecule has 1 aliphatic rings. The summed E-state index contributed by atoms with van der Waals surface area (Å²) in [6.07, 6.45) is 6.22. The average Bonchev–Trinajstić information content (AvgIpc) is 3.10. The smallest absolute Gasteiger partial charge is 0.191 e.